The van der Waals surface area contributed by atoms with Crippen LogP contribution in [0.15, 0.2) is 24.3 Å². The molecule has 114 valence electrons. The Morgan fingerprint density at radius 3 is 2.71 bits per heavy atom. The van der Waals surface area contributed by atoms with Crippen molar-refractivity contribution in [1.29, 1.82) is 0 Å². The minimum Gasteiger partial charge on any atom is -0.480 e. The zero-order valence-corrected chi connectivity index (χ0v) is 12.6. The van der Waals surface area contributed by atoms with Crippen LogP contribution in [0.4, 0.5) is 14.9 Å². The Hall–Kier alpha value is -1.76. The van der Waals surface area contributed by atoms with Crippen LogP contribution in [-0.2, 0) is 4.79 Å². The molecule has 1 heterocycles. The lowest BCUT2D eigenvalue weighted by Crippen LogP contribution is -2.51. The van der Waals surface area contributed by atoms with Gasteiger partial charge in [-0.3, -0.25) is 9.80 Å². The van der Waals surface area contributed by atoms with E-state index >= 15 is 0 Å². The van der Waals surface area contributed by atoms with Crippen molar-refractivity contribution in [3.05, 3.63) is 30.1 Å². The molecule has 21 heavy (non-hydrogen) atoms. The maximum absolute atomic E-state index is 13.9. The molecular weight excluding hydrogens is 295 g/mol. The summed E-state index contributed by atoms with van der Waals surface area (Å²) < 4.78 is 13.9. The summed E-state index contributed by atoms with van der Waals surface area (Å²) in [5.41, 5.74) is 0.165. The van der Waals surface area contributed by atoms with Crippen molar-refractivity contribution in [1.82, 2.24) is 4.90 Å². The summed E-state index contributed by atoms with van der Waals surface area (Å²) >= 11 is 1.40. The lowest BCUT2D eigenvalue weighted by molar-refractivity contribution is -0.141. The second kappa shape index (κ2) is 6.34. The Kier molecular flexibility index (Phi) is 4.72. The van der Waals surface area contributed by atoms with Crippen LogP contribution in [-0.4, -0.2) is 45.7 Å². The third kappa shape index (κ3) is 2.97. The van der Waals surface area contributed by atoms with E-state index in [-0.39, 0.29) is 17.6 Å². The first-order chi connectivity index (χ1) is 9.97. The second-order valence-corrected chi connectivity index (χ2v) is 6.02. The van der Waals surface area contributed by atoms with Crippen molar-refractivity contribution >= 4 is 29.4 Å². The van der Waals surface area contributed by atoms with Crippen molar-refractivity contribution in [3.63, 3.8) is 0 Å². The first kappa shape index (κ1) is 15.6. The standard InChI is InChI=1S/C14H17FN2O3S/c1-3-16(11-7-5-4-6-10(11)15)14(20)17-9(2)21-8-12(17)13(18)19/h4-7,9,12H,3,8H2,1-2H3,(H,18,19). The molecule has 0 saturated carbocycles. The third-order valence-electron chi connectivity index (χ3n) is 3.42. The topological polar surface area (TPSA) is 60.9 Å². The predicted octanol–water partition coefficient (Wildman–Crippen LogP) is 2.62. The summed E-state index contributed by atoms with van der Waals surface area (Å²) in [6.07, 6.45) is 0. The van der Waals surface area contributed by atoms with E-state index in [1.54, 1.807) is 26.0 Å². The monoisotopic (exact) mass is 312 g/mol. The zero-order chi connectivity index (χ0) is 15.6. The highest BCUT2D eigenvalue weighted by atomic mass is 32.2. The third-order valence-corrected chi connectivity index (χ3v) is 4.64. The van der Waals surface area contributed by atoms with Crippen molar-refractivity contribution in [2.75, 3.05) is 17.2 Å². The Morgan fingerprint density at radius 1 is 1.48 bits per heavy atom. The molecule has 1 aromatic carbocycles. The molecule has 0 aromatic heterocycles. The molecular formula is C14H17FN2O3S. The predicted molar refractivity (Wildman–Crippen MR) is 80.0 cm³/mol. The maximum atomic E-state index is 13.9. The number of carbonyl (C=O) groups is 2. The molecule has 2 unspecified atom stereocenters. The van der Waals surface area contributed by atoms with Crippen molar-refractivity contribution in [2.45, 2.75) is 25.3 Å². The Bertz CT molecular complexity index is 555. The molecule has 0 aliphatic carbocycles. The molecule has 1 saturated heterocycles. The largest absolute Gasteiger partial charge is 0.480 e. The fourth-order valence-corrected chi connectivity index (χ4v) is 3.50. The molecule has 5 nitrogen and oxygen atoms in total. The van der Waals surface area contributed by atoms with Gasteiger partial charge in [-0.15, -0.1) is 11.8 Å². The minimum absolute atomic E-state index is 0.165. The van der Waals surface area contributed by atoms with Crippen LogP contribution in [0.3, 0.4) is 0 Å². The van der Waals surface area contributed by atoms with Crippen LogP contribution >= 0.6 is 11.8 Å². The number of anilines is 1. The van der Waals surface area contributed by atoms with Crippen LogP contribution in [0.1, 0.15) is 13.8 Å². The van der Waals surface area contributed by atoms with Crippen LogP contribution in [0.5, 0.6) is 0 Å². The lowest BCUT2D eigenvalue weighted by Gasteiger charge is -2.31. The number of amides is 2. The Balaban J connectivity index is 2.32. The fraction of sp³-hybridized carbons (Fsp3) is 0.429. The molecule has 0 spiro atoms. The van der Waals surface area contributed by atoms with Gasteiger partial charge in [0, 0.05) is 12.3 Å². The number of carboxylic acids is 1. The van der Waals surface area contributed by atoms with E-state index < -0.39 is 23.9 Å². The average Bonchev–Trinajstić information content (AvgIpc) is 2.83. The average molecular weight is 312 g/mol. The summed E-state index contributed by atoms with van der Waals surface area (Å²) in [5.74, 6) is -1.19. The summed E-state index contributed by atoms with van der Waals surface area (Å²) in [4.78, 5) is 26.5. The fourth-order valence-electron chi connectivity index (χ4n) is 2.34. The Morgan fingerprint density at radius 2 is 2.14 bits per heavy atom. The van der Waals surface area contributed by atoms with Crippen molar-refractivity contribution in [3.8, 4) is 0 Å². The van der Waals surface area contributed by atoms with Crippen LogP contribution < -0.4 is 4.90 Å². The van der Waals surface area contributed by atoms with Gasteiger partial charge in [-0.2, -0.15) is 0 Å². The highest BCUT2D eigenvalue weighted by Crippen LogP contribution is 2.31. The van der Waals surface area contributed by atoms with Crippen molar-refractivity contribution in [2.24, 2.45) is 0 Å². The number of thioether (sulfide) groups is 1. The van der Waals surface area contributed by atoms with Gasteiger partial charge in [0.15, 0.2) is 0 Å². The zero-order valence-electron chi connectivity index (χ0n) is 11.8. The van der Waals surface area contributed by atoms with Crippen LogP contribution in [0.2, 0.25) is 0 Å². The van der Waals surface area contributed by atoms with E-state index in [9.17, 15) is 19.1 Å². The molecule has 1 aliphatic heterocycles. The number of rotatable bonds is 3. The summed E-state index contributed by atoms with van der Waals surface area (Å²) in [6, 6.07) is 4.63. The number of nitrogens with zero attached hydrogens (tertiary/aromatic N) is 2. The summed E-state index contributed by atoms with van der Waals surface area (Å²) in [6.45, 7) is 3.77. The summed E-state index contributed by atoms with van der Waals surface area (Å²) in [5, 5.41) is 8.98. The lowest BCUT2D eigenvalue weighted by atomic mass is 10.2. The smallest absolute Gasteiger partial charge is 0.327 e. The Labute approximate surface area is 126 Å². The highest BCUT2D eigenvalue weighted by Gasteiger charge is 2.41. The van der Waals surface area contributed by atoms with Gasteiger partial charge in [0.1, 0.15) is 11.9 Å². The molecule has 0 radical (unpaired) electrons. The quantitative estimate of drug-likeness (QED) is 0.932. The van der Waals surface area contributed by atoms with E-state index in [4.69, 9.17) is 0 Å². The van der Waals surface area contributed by atoms with Gasteiger partial charge in [0.2, 0.25) is 0 Å². The van der Waals surface area contributed by atoms with Gasteiger partial charge in [-0.25, -0.2) is 14.0 Å². The van der Waals surface area contributed by atoms with Crippen LogP contribution in [0, 0.1) is 5.82 Å². The second-order valence-electron chi connectivity index (χ2n) is 4.67. The van der Waals surface area contributed by atoms with E-state index in [1.807, 2.05) is 0 Å². The number of benzene rings is 1. The molecule has 1 N–H and O–H groups in total. The molecule has 1 fully saturated rings. The maximum Gasteiger partial charge on any atom is 0.327 e. The molecule has 1 aliphatic rings. The minimum atomic E-state index is -1.04. The number of aliphatic carboxylic acids is 1. The number of carboxylic acid groups (broad SMARTS) is 1. The highest BCUT2D eigenvalue weighted by molar-refractivity contribution is 8.00. The van der Waals surface area contributed by atoms with Gasteiger partial charge in [0.25, 0.3) is 0 Å². The van der Waals surface area contributed by atoms with Crippen molar-refractivity contribution < 1.29 is 19.1 Å². The number of halogens is 1. The van der Waals surface area contributed by atoms with Gasteiger partial charge >= 0.3 is 12.0 Å². The van der Waals surface area contributed by atoms with Gasteiger partial charge in [-0.1, -0.05) is 12.1 Å². The van der Waals surface area contributed by atoms with Gasteiger partial charge in [-0.05, 0) is 26.0 Å². The number of para-hydroxylation sites is 1. The van der Waals surface area contributed by atoms with E-state index in [0.29, 0.717) is 5.75 Å². The molecule has 0 bridgehead atoms. The molecule has 2 amide bonds. The number of hydrogen-bond donors (Lipinski definition) is 1. The first-order valence-corrected chi connectivity index (χ1v) is 7.71. The molecule has 2 rings (SSSR count). The SMILES string of the molecule is CCN(C(=O)N1C(C)SCC1C(=O)O)c1ccccc1F. The van der Waals surface area contributed by atoms with E-state index in [0.717, 1.165) is 0 Å². The molecule has 1 aromatic rings. The molecule has 2 atom stereocenters. The number of urea groups is 1. The van der Waals surface area contributed by atoms with Gasteiger partial charge < -0.3 is 5.11 Å². The van der Waals surface area contributed by atoms with Crippen LogP contribution in [0.25, 0.3) is 0 Å². The summed E-state index contributed by atoms with van der Waals surface area (Å²) in [7, 11) is 0. The van der Waals surface area contributed by atoms with E-state index in [2.05, 4.69) is 0 Å². The first-order valence-electron chi connectivity index (χ1n) is 6.66. The number of carbonyl (C=O) groups excluding carboxylic acids is 1. The number of hydrogen-bond acceptors (Lipinski definition) is 3. The molecule has 7 heteroatoms. The van der Waals surface area contributed by atoms with Gasteiger partial charge in [0.05, 0.1) is 11.1 Å². The normalized spacial score (nSPS) is 21.4. The van der Waals surface area contributed by atoms with E-state index in [1.165, 1.54) is 33.7 Å².